The first-order valence-corrected chi connectivity index (χ1v) is 9.29. The second-order valence-electron chi connectivity index (χ2n) is 7.09. The number of esters is 1. The zero-order valence-corrected chi connectivity index (χ0v) is 16.2. The van der Waals surface area contributed by atoms with Gasteiger partial charge in [0.05, 0.1) is 58.3 Å². The first-order chi connectivity index (χ1) is 13.9. The van der Waals surface area contributed by atoms with Crippen molar-refractivity contribution >= 4 is 29.1 Å². The van der Waals surface area contributed by atoms with Crippen molar-refractivity contribution in [2.75, 3.05) is 63.3 Å². The van der Waals surface area contributed by atoms with E-state index in [1.54, 1.807) is 12.3 Å². The van der Waals surface area contributed by atoms with Gasteiger partial charge in [0.25, 0.3) is 0 Å². The third kappa shape index (κ3) is 3.23. The lowest BCUT2D eigenvalue weighted by molar-refractivity contribution is -0.880. The van der Waals surface area contributed by atoms with E-state index in [0.29, 0.717) is 11.4 Å². The van der Waals surface area contributed by atoms with Crippen LogP contribution in [-0.4, -0.2) is 80.0 Å². The Labute approximate surface area is 165 Å². The van der Waals surface area contributed by atoms with E-state index < -0.39 is 29.1 Å². The smallest absolute Gasteiger partial charge is 0.414 e. The van der Waals surface area contributed by atoms with Crippen LogP contribution in [0.2, 0.25) is 0 Å². The molecule has 0 bridgehead atoms. The number of hydrogen-bond donors (Lipinski definition) is 2. The lowest BCUT2D eigenvalue weighted by Gasteiger charge is -2.32. The number of carbonyl (C=O) groups excluding carboxylic acids is 2. The third-order valence-electron chi connectivity index (χ3n) is 5.28. The van der Waals surface area contributed by atoms with Crippen LogP contribution in [0.15, 0.2) is 17.1 Å². The first kappa shape index (κ1) is 19.0. The average molecular weight is 404 g/mol. The summed E-state index contributed by atoms with van der Waals surface area (Å²) in [6.07, 6.45) is 1.01. The van der Waals surface area contributed by atoms with Crippen LogP contribution in [0.1, 0.15) is 10.5 Å². The van der Waals surface area contributed by atoms with Gasteiger partial charge in [0, 0.05) is 6.20 Å². The van der Waals surface area contributed by atoms with Crippen LogP contribution in [0, 0.1) is 0 Å². The maximum Gasteiger partial charge on any atom is 0.414 e. The molecule has 2 aromatic rings. The lowest BCUT2D eigenvalue weighted by atomic mass is 10.2. The SMILES string of the molecule is COC(=O)c1nc2c(N3CCOC3=O)cc(N3CC[NH+](C)CC3)cn2c(=O)c1O. The van der Waals surface area contributed by atoms with Crippen molar-refractivity contribution < 1.29 is 29.1 Å². The number of hydrogen-bond acceptors (Lipinski definition) is 8. The molecule has 11 nitrogen and oxygen atoms in total. The number of piperazine rings is 1. The Morgan fingerprint density at radius 2 is 2.00 bits per heavy atom. The second kappa shape index (κ2) is 7.24. The number of cyclic esters (lactones) is 1. The highest BCUT2D eigenvalue weighted by molar-refractivity contribution is 5.96. The van der Waals surface area contributed by atoms with E-state index in [1.165, 1.54) is 9.80 Å². The highest BCUT2D eigenvalue weighted by Gasteiger charge is 2.30. The highest BCUT2D eigenvalue weighted by atomic mass is 16.6. The number of nitrogens with zero attached hydrogens (tertiary/aromatic N) is 4. The summed E-state index contributed by atoms with van der Waals surface area (Å²) in [6.45, 7) is 3.90. The summed E-state index contributed by atoms with van der Waals surface area (Å²) >= 11 is 0. The Hall–Kier alpha value is -3.34. The van der Waals surface area contributed by atoms with Gasteiger partial charge in [0.2, 0.25) is 5.75 Å². The average Bonchev–Trinajstić information content (AvgIpc) is 3.15. The van der Waals surface area contributed by atoms with Gasteiger partial charge in [-0.3, -0.25) is 14.1 Å². The molecular weight excluding hydrogens is 382 g/mol. The normalized spacial score (nSPS) is 17.7. The minimum absolute atomic E-state index is 0.0653. The van der Waals surface area contributed by atoms with Crippen LogP contribution in [-0.2, 0) is 9.47 Å². The van der Waals surface area contributed by atoms with Gasteiger partial charge in [-0.05, 0) is 6.07 Å². The van der Waals surface area contributed by atoms with Crippen LogP contribution >= 0.6 is 0 Å². The molecule has 0 aromatic carbocycles. The minimum atomic E-state index is -0.942. The van der Waals surface area contributed by atoms with Gasteiger partial charge in [-0.1, -0.05) is 0 Å². The minimum Gasteiger partial charge on any atom is -0.501 e. The van der Waals surface area contributed by atoms with Crippen LogP contribution in [0.4, 0.5) is 16.2 Å². The zero-order valence-electron chi connectivity index (χ0n) is 16.2. The van der Waals surface area contributed by atoms with Crippen LogP contribution in [0.3, 0.4) is 0 Å². The van der Waals surface area contributed by atoms with Gasteiger partial charge in [-0.25, -0.2) is 14.6 Å². The van der Waals surface area contributed by atoms with E-state index >= 15 is 0 Å². The van der Waals surface area contributed by atoms with Gasteiger partial charge >= 0.3 is 17.6 Å². The fraction of sp³-hybridized carbons (Fsp3) is 0.444. The highest BCUT2D eigenvalue weighted by Crippen LogP contribution is 2.29. The zero-order chi connectivity index (χ0) is 20.7. The number of fused-ring (bicyclic) bond motifs is 1. The van der Waals surface area contributed by atoms with Crippen molar-refractivity contribution in [2.45, 2.75) is 0 Å². The number of aromatic hydroxyl groups is 1. The molecule has 4 rings (SSSR count). The van der Waals surface area contributed by atoms with Crippen LogP contribution in [0.25, 0.3) is 5.65 Å². The van der Waals surface area contributed by atoms with Crippen LogP contribution < -0.4 is 20.3 Å². The molecule has 2 fully saturated rings. The summed E-state index contributed by atoms with van der Waals surface area (Å²) in [5.74, 6) is -1.74. The number of anilines is 2. The van der Waals surface area contributed by atoms with Gasteiger partial charge in [0.15, 0.2) is 11.3 Å². The number of ether oxygens (including phenoxy) is 2. The second-order valence-corrected chi connectivity index (χ2v) is 7.09. The van der Waals surface area contributed by atoms with E-state index in [4.69, 9.17) is 4.74 Å². The molecule has 0 spiro atoms. The van der Waals surface area contributed by atoms with Gasteiger partial charge in [-0.2, -0.15) is 0 Å². The fourth-order valence-corrected chi connectivity index (χ4v) is 3.57. The van der Waals surface area contributed by atoms with Gasteiger partial charge in [-0.15, -0.1) is 0 Å². The maximum absolute atomic E-state index is 12.8. The standard InChI is InChI=1S/C18H21N5O6/c1-20-3-5-21(6-4-20)11-9-12(22-7-8-29-18(22)27)15-19-13(17(26)28-2)14(24)16(25)23(15)10-11/h9-10,24H,3-8H2,1-2H3/p+1. The molecule has 0 saturated carbocycles. The molecule has 154 valence electrons. The van der Waals surface area contributed by atoms with E-state index in [9.17, 15) is 19.5 Å². The fourth-order valence-electron chi connectivity index (χ4n) is 3.57. The number of likely N-dealkylation sites (N-methyl/N-ethyl adjacent to an activating group) is 1. The molecule has 0 radical (unpaired) electrons. The quantitative estimate of drug-likeness (QED) is 0.592. The van der Waals surface area contributed by atoms with Crippen molar-refractivity contribution in [3.8, 4) is 5.75 Å². The van der Waals surface area contributed by atoms with Crippen molar-refractivity contribution in [1.82, 2.24) is 9.38 Å². The number of aromatic nitrogens is 2. The number of amides is 1. The predicted octanol–water partition coefficient (Wildman–Crippen LogP) is -1.52. The summed E-state index contributed by atoms with van der Waals surface area (Å²) in [5, 5.41) is 10.2. The molecule has 0 atom stereocenters. The van der Waals surface area contributed by atoms with E-state index in [2.05, 4.69) is 21.7 Å². The monoisotopic (exact) mass is 404 g/mol. The molecule has 1 amide bonds. The Balaban J connectivity index is 1.94. The molecule has 11 heteroatoms. The summed E-state index contributed by atoms with van der Waals surface area (Å²) in [5.41, 5.74) is -0.198. The number of rotatable bonds is 3. The van der Waals surface area contributed by atoms with Crippen molar-refractivity contribution in [3.63, 3.8) is 0 Å². The Morgan fingerprint density at radius 3 is 2.62 bits per heavy atom. The topological polar surface area (TPSA) is 118 Å². The number of quaternary nitrogens is 1. The van der Waals surface area contributed by atoms with Gasteiger partial charge < -0.3 is 24.4 Å². The molecule has 2 aromatic heterocycles. The molecule has 0 unspecified atom stereocenters. The summed E-state index contributed by atoms with van der Waals surface area (Å²) < 4.78 is 10.8. The molecule has 2 aliphatic rings. The van der Waals surface area contributed by atoms with Crippen molar-refractivity contribution in [3.05, 3.63) is 28.3 Å². The third-order valence-corrected chi connectivity index (χ3v) is 5.28. The van der Waals surface area contributed by atoms with Crippen LogP contribution in [0.5, 0.6) is 5.75 Å². The van der Waals surface area contributed by atoms with E-state index in [-0.39, 0.29) is 18.8 Å². The number of carbonyl (C=O) groups is 2. The maximum atomic E-state index is 12.8. The number of methoxy groups -OCH3 is 1. The number of pyridine rings is 1. The van der Waals surface area contributed by atoms with E-state index in [0.717, 1.165) is 37.7 Å². The molecular formula is C18H22N5O6+. The van der Waals surface area contributed by atoms with E-state index in [1.807, 2.05) is 0 Å². The Kier molecular flexibility index (Phi) is 4.74. The summed E-state index contributed by atoms with van der Waals surface area (Å²) in [6, 6.07) is 1.76. The molecule has 0 aliphatic carbocycles. The Morgan fingerprint density at radius 1 is 1.28 bits per heavy atom. The molecule has 2 saturated heterocycles. The molecule has 4 heterocycles. The largest absolute Gasteiger partial charge is 0.501 e. The Bertz CT molecular complexity index is 1040. The molecule has 29 heavy (non-hydrogen) atoms. The van der Waals surface area contributed by atoms with Gasteiger partial charge in [0.1, 0.15) is 6.61 Å². The predicted molar refractivity (Wildman–Crippen MR) is 102 cm³/mol. The summed E-state index contributed by atoms with van der Waals surface area (Å²) in [7, 11) is 3.24. The van der Waals surface area contributed by atoms with Crippen molar-refractivity contribution in [1.29, 1.82) is 0 Å². The molecule has 2 N–H and O–H groups in total. The summed E-state index contributed by atoms with van der Waals surface area (Å²) in [4.78, 5) is 46.0. The number of nitrogens with one attached hydrogen (secondary N) is 1. The molecule has 2 aliphatic heterocycles. The van der Waals surface area contributed by atoms with Crippen molar-refractivity contribution in [2.24, 2.45) is 0 Å². The first-order valence-electron chi connectivity index (χ1n) is 9.29. The lowest BCUT2D eigenvalue weighted by Crippen LogP contribution is -3.12.